The number of aromatic nitrogens is 2. The molecule has 23 heavy (non-hydrogen) atoms. The van der Waals surface area contributed by atoms with Gasteiger partial charge in [-0.25, -0.2) is 9.36 Å². The van der Waals surface area contributed by atoms with Crippen molar-refractivity contribution in [3.05, 3.63) is 64.8 Å². The van der Waals surface area contributed by atoms with Crippen LogP contribution in [0.25, 0.3) is 22.0 Å². The molecule has 0 aliphatic carbocycles. The molecule has 2 aromatic heterocycles. The van der Waals surface area contributed by atoms with Gasteiger partial charge in [0, 0.05) is 17.4 Å². The fourth-order valence-electron chi connectivity index (χ4n) is 2.74. The molecule has 0 amide bonds. The van der Waals surface area contributed by atoms with Crippen LogP contribution in [-0.2, 0) is 6.42 Å². The average Bonchev–Trinajstić information content (AvgIpc) is 3.09. The van der Waals surface area contributed by atoms with Gasteiger partial charge in [-0.05, 0) is 47.3 Å². The Morgan fingerprint density at radius 2 is 2.04 bits per heavy atom. The van der Waals surface area contributed by atoms with E-state index in [0.717, 1.165) is 21.0 Å². The van der Waals surface area contributed by atoms with E-state index in [9.17, 15) is 9.59 Å². The normalized spacial score (nSPS) is 11.3. The van der Waals surface area contributed by atoms with Crippen molar-refractivity contribution in [1.29, 1.82) is 0 Å². The Morgan fingerprint density at radius 3 is 2.91 bits per heavy atom. The molecule has 6 nitrogen and oxygen atoms in total. The third-order valence-corrected chi connectivity index (χ3v) is 3.83. The van der Waals surface area contributed by atoms with E-state index in [1.54, 1.807) is 18.2 Å². The van der Waals surface area contributed by atoms with Crippen LogP contribution in [-0.4, -0.2) is 15.5 Å². The number of hydrogen-bond acceptors (Lipinski definition) is 4. The van der Waals surface area contributed by atoms with Crippen LogP contribution >= 0.6 is 0 Å². The average molecular weight is 307 g/mol. The fraction of sp³-hybridized carbons (Fsp3) is 0.0588. The molecule has 114 valence electrons. The SMILES string of the molecule is Nc1ccc2oc(=O)n(C(=O)Cc3ccc4[nH]ccc4c3)c2c1. The van der Waals surface area contributed by atoms with Crippen LogP contribution < -0.4 is 11.5 Å². The maximum absolute atomic E-state index is 12.5. The smallest absolute Gasteiger partial charge is 0.407 e. The van der Waals surface area contributed by atoms with Gasteiger partial charge in [0.05, 0.1) is 6.42 Å². The number of hydrogen-bond donors (Lipinski definition) is 2. The van der Waals surface area contributed by atoms with Crippen molar-refractivity contribution in [2.24, 2.45) is 0 Å². The minimum atomic E-state index is -0.696. The van der Waals surface area contributed by atoms with Crippen molar-refractivity contribution >= 4 is 33.6 Å². The van der Waals surface area contributed by atoms with Gasteiger partial charge < -0.3 is 15.1 Å². The lowest BCUT2D eigenvalue weighted by Gasteiger charge is -2.03. The zero-order valence-corrected chi connectivity index (χ0v) is 12.1. The largest absolute Gasteiger partial charge is 0.426 e. The summed E-state index contributed by atoms with van der Waals surface area (Å²) < 4.78 is 6.13. The first-order valence-electron chi connectivity index (χ1n) is 7.12. The zero-order chi connectivity index (χ0) is 16.0. The summed E-state index contributed by atoms with van der Waals surface area (Å²) in [5.74, 6) is -1.05. The molecule has 2 heterocycles. The number of nitrogen functional groups attached to an aromatic ring is 1. The molecular formula is C17H13N3O3. The number of rotatable bonds is 2. The summed E-state index contributed by atoms with van der Waals surface area (Å²) in [6.45, 7) is 0. The lowest BCUT2D eigenvalue weighted by atomic mass is 10.1. The van der Waals surface area contributed by atoms with Crippen molar-refractivity contribution in [1.82, 2.24) is 9.55 Å². The van der Waals surface area contributed by atoms with Gasteiger partial charge in [-0.2, -0.15) is 0 Å². The maximum Gasteiger partial charge on any atom is 0.426 e. The maximum atomic E-state index is 12.5. The van der Waals surface area contributed by atoms with Crippen molar-refractivity contribution in [2.75, 3.05) is 5.73 Å². The van der Waals surface area contributed by atoms with Crippen LogP contribution in [0.2, 0.25) is 0 Å². The van der Waals surface area contributed by atoms with E-state index in [1.807, 2.05) is 30.5 Å². The number of H-pyrrole nitrogens is 1. The molecule has 2 aromatic carbocycles. The first-order chi connectivity index (χ1) is 11.1. The molecule has 0 aliphatic heterocycles. The molecule has 0 spiro atoms. The van der Waals surface area contributed by atoms with E-state index >= 15 is 0 Å². The summed E-state index contributed by atoms with van der Waals surface area (Å²) >= 11 is 0. The van der Waals surface area contributed by atoms with Crippen LogP contribution in [0.5, 0.6) is 0 Å². The molecule has 3 N–H and O–H groups in total. The Balaban J connectivity index is 1.75. The molecule has 0 saturated heterocycles. The van der Waals surface area contributed by atoms with Gasteiger partial charge in [0.1, 0.15) is 5.52 Å². The number of nitrogens with zero attached hydrogens (tertiary/aromatic N) is 1. The van der Waals surface area contributed by atoms with Gasteiger partial charge in [-0.1, -0.05) is 6.07 Å². The second kappa shape index (κ2) is 4.88. The van der Waals surface area contributed by atoms with E-state index in [0.29, 0.717) is 16.8 Å². The number of benzene rings is 2. The molecule has 4 aromatic rings. The first-order valence-corrected chi connectivity index (χ1v) is 7.12. The molecule has 6 heteroatoms. The minimum absolute atomic E-state index is 0.102. The number of fused-ring (bicyclic) bond motifs is 2. The Kier molecular flexibility index (Phi) is 2.84. The monoisotopic (exact) mass is 307 g/mol. The molecule has 0 fully saturated rings. The van der Waals surface area contributed by atoms with Gasteiger partial charge in [0.2, 0.25) is 5.91 Å². The minimum Gasteiger partial charge on any atom is -0.407 e. The number of nitrogens with two attached hydrogens (primary N) is 1. The highest BCUT2D eigenvalue weighted by molar-refractivity contribution is 5.92. The highest BCUT2D eigenvalue weighted by Gasteiger charge is 2.16. The molecule has 0 radical (unpaired) electrons. The van der Waals surface area contributed by atoms with E-state index < -0.39 is 5.76 Å². The highest BCUT2D eigenvalue weighted by Crippen LogP contribution is 2.18. The van der Waals surface area contributed by atoms with E-state index in [-0.39, 0.29) is 12.3 Å². The quantitative estimate of drug-likeness (QED) is 0.556. The molecule has 0 bridgehead atoms. The number of anilines is 1. The third-order valence-electron chi connectivity index (χ3n) is 3.83. The van der Waals surface area contributed by atoms with E-state index in [2.05, 4.69) is 4.98 Å². The van der Waals surface area contributed by atoms with Gasteiger partial charge in [0.25, 0.3) is 0 Å². The Hall–Kier alpha value is -3.28. The number of nitrogens with one attached hydrogen (secondary N) is 1. The van der Waals surface area contributed by atoms with Crippen LogP contribution in [0.3, 0.4) is 0 Å². The molecule has 0 atom stereocenters. The van der Waals surface area contributed by atoms with Gasteiger partial charge >= 0.3 is 5.76 Å². The van der Waals surface area contributed by atoms with Crippen molar-refractivity contribution in [2.45, 2.75) is 6.42 Å². The Bertz CT molecular complexity index is 1100. The fourth-order valence-corrected chi connectivity index (χ4v) is 2.74. The van der Waals surface area contributed by atoms with Gasteiger partial charge in [-0.3, -0.25) is 4.79 Å². The first kappa shape index (κ1) is 13.4. The van der Waals surface area contributed by atoms with Crippen molar-refractivity contribution in [3.63, 3.8) is 0 Å². The topological polar surface area (TPSA) is 94.0 Å². The third kappa shape index (κ3) is 2.20. The number of carbonyl (C=O) groups excluding carboxylic acids is 1. The lowest BCUT2D eigenvalue weighted by Crippen LogP contribution is -2.24. The predicted molar refractivity (Wildman–Crippen MR) is 87.5 cm³/mol. The molecule has 0 unspecified atom stereocenters. The number of oxazole rings is 1. The summed E-state index contributed by atoms with van der Waals surface area (Å²) in [6, 6.07) is 12.4. The van der Waals surface area contributed by atoms with Crippen LogP contribution in [0.4, 0.5) is 5.69 Å². The van der Waals surface area contributed by atoms with Crippen LogP contribution in [0.1, 0.15) is 10.4 Å². The Morgan fingerprint density at radius 1 is 1.17 bits per heavy atom. The second-order valence-corrected chi connectivity index (χ2v) is 5.40. The molecular weight excluding hydrogens is 294 g/mol. The van der Waals surface area contributed by atoms with E-state index in [4.69, 9.17) is 10.2 Å². The summed E-state index contributed by atoms with van der Waals surface area (Å²) in [7, 11) is 0. The highest BCUT2D eigenvalue weighted by atomic mass is 16.4. The van der Waals surface area contributed by atoms with Crippen molar-refractivity contribution < 1.29 is 9.21 Å². The summed E-state index contributed by atoms with van der Waals surface area (Å²) in [5.41, 5.74) is 8.76. The van der Waals surface area contributed by atoms with E-state index in [1.165, 1.54) is 0 Å². The second-order valence-electron chi connectivity index (χ2n) is 5.40. The van der Waals surface area contributed by atoms with Gasteiger partial charge in [-0.15, -0.1) is 0 Å². The summed E-state index contributed by atoms with van der Waals surface area (Å²) in [4.78, 5) is 27.6. The van der Waals surface area contributed by atoms with Crippen molar-refractivity contribution in [3.8, 4) is 0 Å². The lowest BCUT2D eigenvalue weighted by molar-refractivity contribution is 0.0910. The molecule has 0 aliphatic rings. The van der Waals surface area contributed by atoms with Gasteiger partial charge in [0.15, 0.2) is 5.58 Å². The predicted octanol–water partition coefficient (Wildman–Crippen LogP) is 2.54. The standard InChI is InChI=1S/C17H13N3O3/c18-12-2-4-15-14(9-12)20(17(22)23-15)16(21)8-10-1-3-13-11(7-10)5-6-19-13/h1-7,9,19H,8,18H2. The van der Waals surface area contributed by atoms with Crippen LogP contribution in [0.15, 0.2) is 57.9 Å². The molecule has 4 rings (SSSR count). The number of aromatic amines is 1. The zero-order valence-electron chi connectivity index (χ0n) is 12.1. The number of carbonyl (C=O) groups is 1. The summed E-state index contributed by atoms with van der Waals surface area (Å²) in [5, 5.41) is 1.02. The molecule has 0 saturated carbocycles. The Labute approximate surface area is 130 Å². The summed E-state index contributed by atoms with van der Waals surface area (Å²) in [6.07, 6.45) is 1.94. The van der Waals surface area contributed by atoms with Crippen LogP contribution in [0, 0.1) is 0 Å².